The van der Waals surface area contributed by atoms with Crippen molar-refractivity contribution in [3.63, 3.8) is 0 Å². The second kappa shape index (κ2) is 5.96. The van der Waals surface area contributed by atoms with Crippen LogP contribution in [0.5, 0.6) is 0 Å². The maximum absolute atomic E-state index is 12.4. The number of aliphatic carboxylic acids is 1. The van der Waals surface area contributed by atoms with Crippen molar-refractivity contribution < 1.29 is 24.0 Å². The smallest absolute Gasteiger partial charge is 0.330 e. The number of nitrogens with zero attached hydrogens (tertiary/aromatic N) is 1. The fourth-order valence-corrected chi connectivity index (χ4v) is 2.96. The lowest BCUT2D eigenvalue weighted by Gasteiger charge is -2.58. The van der Waals surface area contributed by atoms with Gasteiger partial charge in [0.25, 0.3) is 5.91 Å². The summed E-state index contributed by atoms with van der Waals surface area (Å²) in [7, 11) is 0. The van der Waals surface area contributed by atoms with Crippen molar-refractivity contribution in [2.24, 2.45) is 5.41 Å². The van der Waals surface area contributed by atoms with Crippen LogP contribution in [0.4, 0.5) is 0 Å². The Bertz CT molecular complexity index is 607. The normalized spacial score (nSPS) is 25.9. The number of carboxylic acid groups (broad SMARTS) is 1. The third-order valence-electron chi connectivity index (χ3n) is 4.80. The highest BCUT2D eigenvalue weighted by atomic mass is 16.5. The molecule has 1 fully saturated rings. The molecule has 128 valence electrons. The Morgan fingerprint density at radius 1 is 1.52 bits per heavy atom. The van der Waals surface area contributed by atoms with Crippen LogP contribution in [-0.4, -0.2) is 40.4 Å². The van der Waals surface area contributed by atoms with Crippen molar-refractivity contribution in [1.29, 1.82) is 0 Å². The fraction of sp³-hybridized carbons (Fsp3) is 0.688. The Labute approximate surface area is 135 Å². The molecule has 1 heterocycles. The summed E-state index contributed by atoms with van der Waals surface area (Å²) < 4.78 is 10.6. The number of aromatic nitrogens is 1. The van der Waals surface area contributed by atoms with Crippen LogP contribution in [0.2, 0.25) is 0 Å². The third kappa shape index (κ3) is 2.73. The van der Waals surface area contributed by atoms with Gasteiger partial charge in [-0.15, -0.1) is 0 Å². The lowest BCUT2D eigenvalue weighted by molar-refractivity contribution is -0.190. The summed E-state index contributed by atoms with van der Waals surface area (Å²) in [5, 5.41) is 16.1. The molecule has 7 nitrogen and oxygen atoms in total. The first-order valence-electron chi connectivity index (χ1n) is 7.79. The Kier molecular flexibility index (Phi) is 4.52. The molecule has 2 unspecified atom stereocenters. The van der Waals surface area contributed by atoms with E-state index in [1.165, 1.54) is 0 Å². The van der Waals surface area contributed by atoms with Gasteiger partial charge in [0.15, 0.2) is 0 Å². The van der Waals surface area contributed by atoms with E-state index in [1.54, 1.807) is 19.9 Å². The molecule has 1 saturated carbocycles. The van der Waals surface area contributed by atoms with Crippen LogP contribution >= 0.6 is 0 Å². The molecule has 0 aromatic carbocycles. The predicted octanol–water partition coefficient (Wildman–Crippen LogP) is 2.19. The van der Waals surface area contributed by atoms with Gasteiger partial charge in [-0.05, 0) is 12.8 Å². The maximum Gasteiger partial charge on any atom is 0.330 e. The van der Waals surface area contributed by atoms with E-state index in [-0.39, 0.29) is 24.2 Å². The van der Waals surface area contributed by atoms with Crippen LogP contribution in [0.3, 0.4) is 0 Å². The highest BCUT2D eigenvalue weighted by molar-refractivity contribution is 5.96. The minimum absolute atomic E-state index is 0.0185. The van der Waals surface area contributed by atoms with Gasteiger partial charge in [-0.1, -0.05) is 32.9 Å². The number of carbonyl (C=O) groups is 2. The highest BCUT2D eigenvalue weighted by Gasteiger charge is 2.66. The van der Waals surface area contributed by atoms with Gasteiger partial charge in [-0.3, -0.25) is 4.79 Å². The summed E-state index contributed by atoms with van der Waals surface area (Å²) in [5.41, 5.74) is -1.46. The number of ether oxygens (including phenoxy) is 1. The second-order valence-electron chi connectivity index (χ2n) is 6.81. The van der Waals surface area contributed by atoms with Crippen molar-refractivity contribution in [3.8, 4) is 0 Å². The van der Waals surface area contributed by atoms with Crippen molar-refractivity contribution >= 4 is 11.9 Å². The summed E-state index contributed by atoms with van der Waals surface area (Å²) in [6.45, 7) is 9.78. The topological polar surface area (TPSA) is 102 Å². The molecule has 0 radical (unpaired) electrons. The van der Waals surface area contributed by atoms with E-state index < -0.39 is 22.8 Å². The van der Waals surface area contributed by atoms with Crippen molar-refractivity contribution in [3.05, 3.63) is 17.5 Å². The van der Waals surface area contributed by atoms with Crippen LogP contribution in [0.1, 0.15) is 63.2 Å². The van der Waals surface area contributed by atoms with Gasteiger partial charge in [0, 0.05) is 24.5 Å². The Balaban J connectivity index is 2.20. The van der Waals surface area contributed by atoms with E-state index in [0.29, 0.717) is 12.3 Å². The molecule has 1 amide bonds. The Hall–Kier alpha value is -1.89. The molecule has 1 aliphatic rings. The minimum Gasteiger partial charge on any atom is -0.479 e. The number of hydrogen-bond acceptors (Lipinski definition) is 5. The number of rotatable bonds is 6. The number of nitrogens with one attached hydrogen (secondary N) is 1. The molecule has 7 heteroatoms. The van der Waals surface area contributed by atoms with E-state index in [0.717, 1.165) is 0 Å². The summed E-state index contributed by atoms with van der Waals surface area (Å²) in [4.78, 5) is 24.2. The lowest BCUT2D eigenvalue weighted by atomic mass is 9.54. The molecule has 2 N–H and O–H groups in total. The first kappa shape index (κ1) is 17.5. The van der Waals surface area contributed by atoms with Gasteiger partial charge in [0.05, 0.1) is 11.8 Å². The Morgan fingerprint density at radius 2 is 2.17 bits per heavy atom. The monoisotopic (exact) mass is 324 g/mol. The average Bonchev–Trinajstić information content (AvgIpc) is 2.95. The zero-order valence-electron chi connectivity index (χ0n) is 14.2. The largest absolute Gasteiger partial charge is 0.479 e. The molecule has 0 bridgehead atoms. The second-order valence-corrected chi connectivity index (χ2v) is 6.81. The molecular weight excluding hydrogens is 300 g/mol. The van der Waals surface area contributed by atoms with Crippen molar-refractivity contribution in [2.75, 3.05) is 6.61 Å². The minimum atomic E-state index is -1.38. The van der Waals surface area contributed by atoms with Crippen molar-refractivity contribution in [1.82, 2.24) is 10.5 Å². The third-order valence-corrected chi connectivity index (χ3v) is 4.80. The molecule has 1 aromatic heterocycles. The SMILES string of the molecule is CCOC1CC(NC(=O)c2cc(C(C)C)no2)(C(=O)O)C1(C)C. The van der Waals surface area contributed by atoms with Gasteiger partial charge in [-0.25, -0.2) is 4.79 Å². The van der Waals surface area contributed by atoms with Gasteiger partial charge in [0.2, 0.25) is 5.76 Å². The number of amides is 1. The quantitative estimate of drug-likeness (QED) is 0.831. The summed E-state index contributed by atoms with van der Waals surface area (Å²) in [5.74, 6) is -1.51. The molecule has 23 heavy (non-hydrogen) atoms. The molecule has 1 aromatic rings. The first-order valence-corrected chi connectivity index (χ1v) is 7.79. The van der Waals surface area contributed by atoms with Gasteiger partial charge in [-0.2, -0.15) is 0 Å². The lowest BCUT2D eigenvalue weighted by Crippen LogP contribution is -2.76. The molecule has 1 aliphatic carbocycles. The zero-order valence-corrected chi connectivity index (χ0v) is 14.2. The van der Waals surface area contributed by atoms with Crippen molar-refractivity contribution in [2.45, 2.75) is 58.6 Å². The molecule has 0 aliphatic heterocycles. The predicted molar refractivity (Wildman–Crippen MR) is 82.2 cm³/mol. The molecule has 0 saturated heterocycles. The van der Waals surface area contributed by atoms with Crippen LogP contribution in [0, 0.1) is 5.41 Å². The van der Waals surface area contributed by atoms with Crippen LogP contribution in [0.15, 0.2) is 10.6 Å². The van der Waals surface area contributed by atoms with Crippen LogP contribution < -0.4 is 5.32 Å². The standard InChI is InChI=1S/C16H24N2O5/c1-6-22-12-8-16(14(20)21,15(12,4)5)17-13(19)11-7-10(9(2)3)18-23-11/h7,9,12H,6,8H2,1-5H3,(H,17,19)(H,20,21). The summed E-state index contributed by atoms with van der Waals surface area (Å²) >= 11 is 0. The molecule has 2 atom stereocenters. The van der Waals surface area contributed by atoms with E-state index in [9.17, 15) is 14.7 Å². The zero-order chi connectivity index (χ0) is 17.4. The fourth-order valence-electron chi connectivity index (χ4n) is 2.96. The van der Waals surface area contributed by atoms with Gasteiger partial charge >= 0.3 is 5.97 Å². The summed E-state index contributed by atoms with van der Waals surface area (Å²) in [6, 6.07) is 1.54. The molecule has 0 spiro atoms. The Morgan fingerprint density at radius 3 is 2.61 bits per heavy atom. The average molecular weight is 324 g/mol. The first-order chi connectivity index (χ1) is 10.7. The van der Waals surface area contributed by atoms with E-state index in [2.05, 4.69) is 10.5 Å². The number of carbonyl (C=O) groups excluding carboxylic acids is 1. The van der Waals surface area contributed by atoms with Gasteiger partial charge < -0.3 is 19.7 Å². The molecule has 2 rings (SSSR count). The van der Waals surface area contributed by atoms with Gasteiger partial charge in [0.1, 0.15) is 5.54 Å². The summed E-state index contributed by atoms with van der Waals surface area (Å²) in [6.07, 6.45) is 0.00458. The highest BCUT2D eigenvalue weighted by Crippen LogP contribution is 2.51. The molecular formula is C16H24N2O5. The van der Waals surface area contributed by atoms with E-state index >= 15 is 0 Å². The number of hydrogen-bond donors (Lipinski definition) is 2. The van der Waals surface area contributed by atoms with E-state index in [4.69, 9.17) is 9.26 Å². The van der Waals surface area contributed by atoms with E-state index in [1.807, 2.05) is 20.8 Å². The number of carboxylic acids is 1. The maximum atomic E-state index is 12.4. The van der Waals surface area contributed by atoms with Crippen LogP contribution in [-0.2, 0) is 9.53 Å². The van der Waals surface area contributed by atoms with Crippen LogP contribution in [0.25, 0.3) is 0 Å².